The summed E-state index contributed by atoms with van der Waals surface area (Å²) in [6.45, 7) is 1.64. The number of hydrogen-bond donors (Lipinski definition) is 2. The lowest BCUT2D eigenvalue weighted by Crippen LogP contribution is -2.26. The average molecular weight is 363 g/mol. The number of nitrogens with two attached hydrogens (primary N) is 1. The first kappa shape index (κ1) is 16.8. The van der Waals surface area contributed by atoms with Crippen molar-refractivity contribution in [2.75, 3.05) is 5.73 Å². The first-order valence-electron chi connectivity index (χ1n) is 7.08. The first-order valence-corrected chi connectivity index (χ1v) is 7.45. The summed E-state index contributed by atoms with van der Waals surface area (Å²) in [4.78, 5) is 28.4. The largest absolute Gasteiger partial charge is 0.443 e. The first-order chi connectivity index (χ1) is 12.0. The second-order valence-corrected chi connectivity index (χ2v) is 5.40. The van der Waals surface area contributed by atoms with Crippen LogP contribution < -0.4 is 11.1 Å². The zero-order valence-corrected chi connectivity index (χ0v) is 13.7. The quantitative estimate of drug-likeness (QED) is 0.729. The number of halogens is 2. The molecule has 0 radical (unpaired) electrons. The number of nitrogens with zero attached hydrogens (tertiary/aromatic N) is 4. The zero-order valence-electron chi connectivity index (χ0n) is 13.0. The van der Waals surface area contributed by atoms with E-state index in [1.807, 2.05) is 0 Å². The van der Waals surface area contributed by atoms with Crippen LogP contribution in [0.25, 0.3) is 11.6 Å². The predicted octanol–water partition coefficient (Wildman–Crippen LogP) is 2.14. The standard InChI is InChI=1S/C15H12ClFN6O2/c1-7-11(15-19-2-3-25-15)23-13(18)12(22-7)14(24)21-6-10-9(16)4-8(17)5-20-10/h2-5H,6H2,1H3,(H2,18,23)(H,21,24). The Kier molecular flexibility index (Phi) is 4.57. The summed E-state index contributed by atoms with van der Waals surface area (Å²) >= 11 is 5.87. The highest BCUT2D eigenvalue weighted by Gasteiger charge is 2.19. The van der Waals surface area contributed by atoms with E-state index in [1.54, 1.807) is 6.92 Å². The van der Waals surface area contributed by atoms with Crippen molar-refractivity contribution in [2.45, 2.75) is 13.5 Å². The molecule has 3 heterocycles. The number of aromatic nitrogens is 4. The van der Waals surface area contributed by atoms with E-state index in [-0.39, 0.29) is 29.0 Å². The number of pyridine rings is 1. The fourth-order valence-electron chi connectivity index (χ4n) is 2.06. The van der Waals surface area contributed by atoms with Gasteiger partial charge in [0.2, 0.25) is 5.89 Å². The van der Waals surface area contributed by atoms with Crippen molar-refractivity contribution in [3.05, 3.63) is 52.6 Å². The van der Waals surface area contributed by atoms with E-state index >= 15 is 0 Å². The van der Waals surface area contributed by atoms with Gasteiger partial charge in [0.1, 0.15) is 17.8 Å². The third-order valence-corrected chi connectivity index (χ3v) is 3.57. The monoisotopic (exact) mass is 362 g/mol. The van der Waals surface area contributed by atoms with Crippen molar-refractivity contribution in [3.63, 3.8) is 0 Å². The van der Waals surface area contributed by atoms with Crippen molar-refractivity contribution < 1.29 is 13.6 Å². The highest BCUT2D eigenvalue weighted by atomic mass is 35.5. The normalized spacial score (nSPS) is 10.7. The molecular weight excluding hydrogens is 351 g/mol. The number of nitrogens with one attached hydrogen (secondary N) is 1. The van der Waals surface area contributed by atoms with E-state index in [2.05, 4.69) is 25.3 Å². The molecule has 0 aliphatic carbocycles. The molecule has 1 amide bonds. The van der Waals surface area contributed by atoms with E-state index in [0.29, 0.717) is 17.1 Å². The Bertz CT molecular complexity index is 932. The molecule has 0 saturated carbocycles. The van der Waals surface area contributed by atoms with Crippen LogP contribution in [0.4, 0.5) is 10.2 Å². The van der Waals surface area contributed by atoms with Crippen LogP contribution >= 0.6 is 11.6 Å². The molecule has 0 aromatic carbocycles. The molecule has 10 heteroatoms. The maximum atomic E-state index is 13.0. The molecule has 0 aliphatic heterocycles. The molecule has 0 spiro atoms. The van der Waals surface area contributed by atoms with E-state index in [1.165, 1.54) is 12.5 Å². The molecule has 8 nitrogen and oxygen atoms in total. The molecule has 0 aliphatic rings. The van der Waals surface area contributed by atoms with Crippen LogP contribution in [0.3, 0.4) is 0 Å². The van der Waals surface area contributed by atoms with Crippen molar-refractivity contribution in [1.29, 1.82) is 0 Å². The summed E-state index contributed by atoms with van der Waals surface area (Å²) in [6, 6.07) is 1.11. The van der Waals surface area contributed by atoms with Crippen LogP contribution in [0.15, 0.2) is 29.1 Å². The Balaban J connectivity index is 1.79. The molecule has 3 aromatic heterocycles. The lowest BCUT2D eigenvalue weighted by Gasteiger charge is -2.09. The number of amides is 1. The van der Waals surface area contributed by atoms with E-state index in [4.69, 9.17) is 21.8 Å². The maximum absolute atomic E-state index is 13.0. The van der Waals surface area contributed by atoms with Gasteiger partial charge in [0.05, 0.1) is 35.3 Å². The van der Waals surface area contributed by atoms with Gasteiger partial charge in [0.25, 0.3) is 5.91 Å². The molecule has 128 valence electrons. The number of carbonyl (C=O) groups excluding carboxylic acids is 1. The fourth-order valence-corrected chi connectivity index (χ4v) is 2.28. The molecule has 3 N–H and O–H groups in total. The molecule has 0 bridgehead atoms. The maximum Gasteiger partial charge on any atom is 0.274 e. The zero-order chi connectivity index (χ0) is 18.0. The number of aryl methyl sites for hydroxylation is 1. The fraction of sp³-hybridized carbons (Fsp3) is 0.133. The minimum Gasteiger partial charge on any atom is -0.443 e. The van der Waals surface area contributed by atoms with E-state index in [0.717, 1.165) is 12.3 Å². The Labute approximate surface area is 146 Å². The number of oxazole rings is 1. The third-order valence-electron chi connectivity index (χ3n) is 3.25. The lowest BCUT2D eigenvalue weighted by atomic mass is 10.2. The van der Waals surface area contributed by atoms with Gasteiger partial charge in [-0.1, -0.05) is 11.6 Å². The SMILES string of the molecule is Cc1nc(C(=O)NCc2ncc(F)cc2Cl)c(N)nc1-c1ncco1. The van der Waals surface area contributed by atoms with Crippen LogP contribution in [0.1, 0.15) is 21.9 Å². The topological polar surface area (TPSA) is 120 Å². The van der Waals surface area contributed by atoms with Crippen molar-refractivity contribution in [3.8, 4) is 11.6 Å². The summed E-state index contributed by atoms with van der Waals surface area (Å²) in [6.07, 6.45) is 3.87. The second-order valence-electron chi connectivity index (χ2n) is 4.99. The number of rotatable bonds is 4. The van der Waals surface area contributed by atoms with Crippen LogP contribution in [0.5, 0.6) is 0 Å². The van der Waals surface area contributed by atoms with Gasteiger partial charge in [-0.15, -0.1) is 0 Å². The van der Waals surface area contributed by atoms with Crippen LogP contribution in [0, 0.1) is 12.7 Å². The Hall–Kier alpha value is -3.07. The molecule has 3 aromatic rings. The molecule has 0 fully saturated rings. The molecule has 0 atom stereocenters. The van der Waals surface area contributed by atoms with E-state index < -0.39 is 11.7 Å². The lowest BCUT2D eigenvalue weighted by molar-refractivity contribution is 0.0946. The highest BCUT2D eigenvalue weighted by Crippen LogP contribution is 2.21. The molecule has 3 rings (SSSR count). The number of anilines is 1. The number of nitrogen functional groups attached to an aromatic ring is 1. The van der Waals surface area contributed by atoms with Crippen LogP contribution in [-0.2, 0) is 6.54 Å². The molecular formula is C15H12ClFN6O2. The predicted molar refractivity (Wildman–Crippen MR) is 87.1 cm³/mol. The Morgan fingerprint density at radius 2 is 2.20 bits per heavy atom. The summed E-state index contributed by atoms with van der Waals surface area (Å²) in [5, 5.41) is 2.67. The van der Waals surface area contributed by atoms with Crippen LogP contribution in [-0.4, -0.2) is 25.8 Å². The average Bonchev–Trinajstić information content (AvgIpc) is 3.09. The smallest absolute Gasteiger partial charge is 0.274 e. The highest BCUT2D eigenvalue weighted by molar-refractivity contribution is 6.31. The van der Waals surface area contributed by atoms with Crippen molar-refractivity contribution >= 4 is 23.3 Å². The minimum absolute atomic E-state index is 0.0143. The van der Waals surface area contributed by atoms with Gasteiger partial charge in [-0.3, -0.25) is 9.78 Å². The molecule has 25 heavy (non-hydrogen) atoms. The van der Waals surface area contributed by atoms with Gasteiger partial charge in [-0.25, -0.2) is 19.3 Å². The Morgan fingerprint density at radius 3 is 2.88 bits per heavy atom. The van der Waals surface area contributed by atoms with Gasteiger partial charge in [-0.2, -0.15) is 0 Å². The number of hydrogen-bond acceptors (Lipinski definition) is 7. The Morgan fingerprint density at radius 1 is 1.40 bits per heavy atom. The van der Waals surface area contributed by atoms with Crippen LogP contribution in [0.2, 0.25) is 5.02 Å². The summed E-state index contributed by atoms with van der Waals surface area (Å²) in [5.41, 5.74) is 6.87. The van der Waals surface area contributed by atoms with E-state index in [9.17, 15) is 9.18 Å². The minimum atomic E-state index is -0.562. The van der Waals surface area contributed by atoms with Gasteiger partial charge in [0.15, 0.2) is 11.5 Å². The van der Waals surface area contributed by atoms with Gasteiger partial charge < -0.3 is 15.5 Å². The number of carbonyl (C=O) groups is 1. The van der Waals surface area contributed by atoms with Crippen molar-refractivity contribution in [1.82, 2.24) is 25.3 Å². The molecule has 0 unspecified atom stereocenters. The summed E-state index contributed by atoms with van der Waals surface area (Å²) in [5.74, 6) is -0.942. The third kappa shape index (κ3) is 3.56. The van der Waals surface area contributed by atoms with Gasteiger partial charge in [-0.05, 0) is 13.0 Å². The molecule has 0 saturated heterocycles. The summed E-state index contributed by atoms with van der Waals surface area (Å²) in [7, 11) is 0. The van der Waals surface area contributed by atoms with Crippen molar-refractivity contribution in [2.24, 2.45) is 0 Å². The second kappa shape index (κ2) is 6.81. The van der Waals surface area contributed by atoms with Gasteiger partial charge >= 0.3 is 0 Å². The van der Waals surface area contributed by atoms with Gasteiger partial charge in [0, 0.05) is 0 Å². The summed E-state index contributed by atoms with van der Waals surface area (Å²) < 4.78 is 18.1.